The van der Waals surface area contributed by atoms with Gasteiger partial charge in [-0.2, -0.15) is 0 Å². The molecule has 1 rings (SSSR count). The second-order valence-electron chi connectivity index (χ2n) is 2.21. The Morgan fingerprint density at radius 3 is 2.82 bits per heavy atom. The Hall–Kier alpha value is 0.140. The van der Waals surface area contributed by atoms with Crippen molar-refractivity contribution >= 4 is 44.7 Å². The summed E-state index contributed by atoms with van der Waals surface area (Å²) in [5, 5.41) is 0. The fraction of sp³-hybridized carbons (Fsp3) is 0.286. The van der Waals surface area contributed by atoms with Crippen molar-refractivity contribution in [3.63, 3.8) is 0 Å². The highest BCUT2D eigenvalue weighted by Crippen LogP contribution is 2.32. The summed E-state index contributed by atoms with van der Waals surface area (Å²) in [7, 11) is 0. The molecule has 60 valence electrons. The number of thiophene rings is 1. The molecule has 0 unspecified atom stereocenters. The van der Waals surface area contributed by atoms with Crippen LogP contribution >= 0.6 is 38.9 Å². The van der Waals surface area contributed by atoms with Crippen molar-refractivity contribution in [3.8, 4) is 0 Å². The van der Waals surface area contributed by atoms with Crippen LogP contribution in [0.15, 0.2) is 10.5 Å². The molecule has 0 aliphatic carbocycles. The molecule has 0 spiro atoms. The quantitative estimate of drug-likeness (QED) is 0.790. The molecule has 0 fully saturated rings. The first-order valence-electron chi connectivity index (χ1n) is 3.02. The smallest absolute Gasteiger partial charge is 0.135 e. The first kappa shape index (κ1) is 9.23. The molecule has 0 bridgehead atoms. The molecule has 4 heteroatoms. The van der Waals surface area contributed by atoms with Crippen LogP contribution in [0.3, 0.4) is 0 Å². The van der Waals surface area contributed by atoms with Gasteiger partial charge >= 0.3 is 0 Å². The second-order valence-corrected chi connectivity index (χ2v) is 4.81. The van der Waals surface area contributed by atoms with Gasteiger partial charge < -0.3 is 0 Å². The van der Waals surface area contributed by atoms with Crippen LogP contribution in [-0.2, 0) is 11.2 Å². The number of rotatable bonds is 2. The van der Waals surface area contributed by atoms with E-state index in [0.29, 0.717) is 10.8 Å². The lowest BCUT2D eigenvalue weighted by atomic mass is 10.3. The zero-order chi connectivity index (χ0) is 8.43. The maximum absolute atomic E-state index is 10.7. The number of halogens is 2. The van der Waals surface area contributed by atoms with Gasteiger partial charge in [0, 0.05) is 15.8 Å². The molecule has 0 N–H and O–H groups in total. The molecule has 0 aliphatic rings. The van der Waals surface area contributed by atoms with Crippen molar-refractivity contribution in [2.75, 3.05) is 0 Å². The number of Topliss-reactive ketones (excluding diaryl/α,β-unsaturated/α-hetero) is 1. The van der Waals surface area contributed by atoms with E-state index in [0.717, 1.165) is 9.35 Å². The molecule has 11 heavy (non-hydrogen) atoms. The molecule has 0 amide bonds. The molecule has 0 radical (unpaired) electrons. The molecule has 0 aliphatic heterocycles. The van der Waals surface area contributed by atoms with Crippen LogP contribution in [0.1, 0.15) is 11.8 Å². The predicted octanol–water partition coefficient (Wildman–Crippen LogP) is 3.30. The van der Waals surface area contributed by atoms with E-state index in [2.05, 4.69) is 15.9 Å². The molecule has 0 saturated carbocycles. The van der Waals surface area contributed by atoms with Gasteiger partial charge in [0.25, 0.3) is 0 Å². The van der Waals surface area contributed by atoms with Crippen LogP contribution in [-0.4, -0.2) is 5.78 Å². The fourth-order valence-corrected chi connectivity index (χ4v) is 2.59. The predicted molar refractivity (Wildman–Crippen MR) is 51.4 cm³/mol. The molecule has 0 aromatic carbocycles. The number of ketones is 1. The lowest BCUT2D eigenvalue weighted by Crippen LogP contribution is -1.92. The molecule has 0 saturated heterocycles. The monoisotopic (exact) mass is 252 g/mol. The summed E-state index contributed by atoms with van der Waals surface area (Å²) in [6, 6.07) is 1.88. The summed E-state index contributed by atoms with van der Waals surface area (Å²) < 4.78 is 1.58. The zero-order valence-corrected chi connectivity index (χ0v) is 9.02. The Morgan fingerprint density at radius 2 is 2.45 bits per heavy atom. The molecule has 1 aromatic rings. The normalized spacial score (nSPS) is 10.1. The van der Waals surface area contributed by atoms with E-state index >= 15 is 0 Å². The third kappa shape index (κ3) is 2.58. The Balaban J connectivity index is 2.81. The van der Waals surface area contributed by atoms with E-state index < -0.39 is 0 Å². The van der Waals surface area contributed by atoms with E-state index in [-0.39, 0.29) is 5.78 Å². The molecule has 1 nitrogen and oxygen atoms in total. The van der Waals surface area contributed by atoms with E-state index in [1.54, 1.807) is 6.92 Å². The molecule has 0 atom stereocenters. The molecular formula is C7H6BrClOS. The van der Waals surface area contributed by atoms with Gasteiger partial charge in [0.1, 0.15) is 10.1 Å². The van der Waals surface area contributed by atoms with Crippen molar-refractivity contribution in [3.05, 3.63) is 19.8 Å². The van der Waals surface area contributed by atoms with Crippen LogP contribution in [0, 0.1) is 0 Å². The van der Waals surface area contributed by atoms with Gasteiger partial charge in [-0.15, -0.1) is 11.3 Å². The SMILES string of the molecule is CC(=O)Cc1cc(Br)c(Cl)s1. The lowest BCUT2D eigenvalue weighted by Gasteiger charge is -1.86. The standard InChI is InChI=1S/C7H6BrClOS/c1-4(10)2-5-3-6(8)7(9)11-5/h3H,2H2,1H3. The van der Waals surface area contributed by atoms with Crippen LogP contribution in [0.5, 0.6) is 0 Å². The maximum atomic E-state index is 10.7. The number of carbonyl (C=O) groups is 1. The molecule has 1 heterocycles. The highest BCUT2D eigenvalue weighted by atomic mass is 79.9. The lowest BCUT2D eigenvalue weighted by molar-refractivity contribution is -0.116. The van der Waals surface area contributed by atoms with E-state index in [4.69, 9.17) is 11.6 Å². The number of hydrogen-bond acceptors (Lipinski definition) is 2. The van der Waals surface area contributed by atoms with Crippen molar-refractivity contribution in [1.29, 1.82) is 0 Å². The van der Waals surface area contributed by atoms with E-state index in [9.17, 15) is 4.79 Å². The van der Waals surface area contributed by atoms with Crippen LogP contribution < -0.4 is 0 Å². The van der Waals surface area contributed by atoms with Crippen LogP contribution in [0.2, 0.25) is 4.34 Å². The molecule has 1 aromatic heterocycles. The highest BCUT2D eigenvalue weighted by molar-refractivity contribution is 9.10. The first-order valence-corrected chi connectivity index (χ1v) is 5.01. The van der Waals surface area contributed by atoms with Gasteiger partial charge in [0.05, 0.1) is 0 Å². The van der Waals surface area contributed by atoms with E-state index in [1.165, 1.54) is 11.3 Å². The average Bonchev–Trinajstić information content (AvgIpc) is 2.10. The van der Waals surface area contributed by atoms with Crippen LogP contribution in [0.25, 0.3) is 0 Å². The summed E-state index contributed by atoms with van der Waals surface area (Å²) in [5.74, 6) is 0.162. The Bertz CT molecular complexity index is 262. The van der Waals surface area contributed by atoms with Gasteiger partial charge in [-0.3, -0.25) is 4.79 Å². The topological polar surface area (TPSA) is 17.1 Å². The zero-order valence-electron chi connectivity index (χ0n) is 5.86. The minimum Gasteiger partial charge on any atom is -0.300 e. The van der Waals surface area contributed by atoms with Gasteiger partial charge in [-0.1, -0.05) is 11.6 Å². The Morgan fingerprint density at radius 1 is 1.82 bits per heavy atom. The fourth-order valence-electron chi connectivity index (χ4n) is 0.724. The minimum absolute atomic E-state index is 0.162. The Labute approximate surface area is 82.5 Å². The van der Waals surface area contributed by atoms with Crippen molar-refractivity contribution < 1.29 is 4.79 Å². The maximum Gasteiger partial charge on any atom is 0.135 e. The van der Waals surface area contributed by atoms with Gasteiger partial charge in [-0.25, -0.2) is 0 Å². The van der Waals surface area contributed by atoms with Gasteiger partial charge in [0.2, 0.25) is 0 Å². The van der Waals surface area contributed by atoms with Crippen molar-refractivity contribution in [2.24, 2.45) is 0 Å². The van der Waals surface area contributed by atoms with E-state index in [1.807, 2.05) is 6.07 Å². The van der Waals surface area contributed by atoms with Crippen molar-refractivity contribution in [1.82, 2.24) is 0 Å². The number of hydrogen-bond donors (Lipinski definition) is 0. The van der Waals surface area contributed by atoms with Gasteiger partial charge in [-0.05, 0) is 28.9 Å². The first-order chi connectivity index (χ1) is 5.09. The van der Waals surface area contributed by atoms with Crippen LogP contribution in [0.4, 0.5) is 0 Å². The highest BCUT2D eigenvalue weighted by Gasteiger charge is 2.05. The third-order valence-electron chi connectivity index (χ3n) is 1.12. The largest absolute Gasteiger partial charge is 0.300 e. The summed E-state index contributed by atoms with van der Waals surface area (Å²) in [6.07, 6.45) is 0.482. The summed E-state index contributed by atoms with van der Waals surface area (Å²) in [4.78, 5) is 11.7. The van der Waals surface area contributed by atoms with Crippen molar-refractivity contribution in [2.45, 2.75) is 13.3 Å². The average molecular weight is 254 g/mol. The molecular weight excluding hydrogens is 248 g/mol. The van der Waals surface area contributed by atoms with Gasteiger partial charge in [0.15, 0.2) is 0 Å². The second kappa shape index (κ2) is 3.70. The summed E-state index contributed by atoms with van der Waals surface area (Å²) in [6.45, 7) is 1.57. The minimum atomic E-state index is 0.162. The summed E-state index contributed by atoms with van der Waals surface area (Å²) in [5.41, 5.74) is 0. The third-order valence-corrected chi connectivity index (χ3v) is 3.59. The summed E-state index contributed by atoms with van der Waals surface area (Å²) >= 11 is 10.5. The number of carbonyl (C=O) groups excluding carboxylic acids is 1. The Kier molecular flexibility index (Phi) is 3.10.